The largest absolute Gasteiger partial charge is 0.485 e. The predicted octanol–water partition coefficient (Wildman–Crippen LogP) is 5.15. The summed E-state index contributed by atoms with van der Waals surface area (Å²) < 4.78 is 17.0. The first-order valence-corrected chi connectivity index (χ1v) is 11.4. The smallest absolute Gasteiger partial charge is 0.345 e. The zero-order chi connectivity index (χ0) is 25.0. The highest BCUT2D eigenvalue weighted by molar-refractivity contribution is 6.33. The molecule has 0 aromatic heterocycles. The molecule has 1 aliphatic heterocycles. The molecule has 1 heterocycles. The van der Waals surface area contributed by atoms with E-state index in [9.17, 15) is 9.59 Å². The second kappa shape index (κ2) is 10.2. The van der Waals surface area contributed by atoms with Gasteiger partial charge in [0.2, 0.25) is 6.10 Å². The molecule has 1 atom stereocenters. The van der Waals surface area contributed by atoms with Gasteiger partial charge in [0, 0.05) is 0 Å². The van der Waals surface area contributed by atoms with E-state index < -0.39 is 18.0 Å². The van der Waals surface area contributed by atoms with Crippen molar-refractivity contribution in [1.82, 2.24) is 5.43 Å². The Kier molecular flexibility index (Phi) is 7.07. The van der Waals surface area contributed by atoms with Crippen LogP contribution in [-0.2, 0) is 10.2 Å². The molecule has 0 spiro atoms. The van der Waals surface area contributed by atoms with Gasteiger partial charge in [0.05, 0.1) is 16.8 Å². The standard InChI is InChI=1S/C27H25ClN2O5/c1-27(2,3)18-11-12-22-23(14-18)35-24(16-33-22)25(31)30-29-15-17-7-6-8-19(13-17)34-26(32)20-9-4-5-10-21(20)28/h4-15,24H,16H2,1-3H3,(H,30,31)/b29-15+. The van der Waals surface area contributed by atoms with Crippen LogP contribution in [-0.4, -0.2) is 30.8 Å². The van der Waals surface area contributed by atoms with Crippen LogP contribution in [0, 0.1) is 0 Å². The monoisotopic (exact) mass is 492 g/mol. The second-order valence-electron chi connectivity index (χ2n) is 9.01. The third kappa shape index (κ3) is 6.00. The lowest BCUT2D eigenvalue weighted by Crippen LogP contribution is -2.42. The normalized spacial score (nSPS) is 15.0. The molecule has 1 amide bonds. The van der Waals surface area contributed by atoms with Crippen LogP contribution < -0.4 is 19.6 Å². The molecule has 8 heteroatoms. The van der Waals surface area contributed by atoms with Crippen LogP contribution in [0.3, 0.4) is 0 Å². The van der Waals surface area contributed by atoms with Crippen LogP contribution in [0.25, 0.3) is 0 Å². The predicted molar refractivity (Wildman–Crippen MR) is 134 cm³/mol. The van der Waals surface area contributed by atoms with Crippen molar-refractivity contribution in [2.75, 3.05) is 6.61 Å². The number of nitrogens with zero attached hydrogens (tertiary/aromatic N) is 1. The number of nitrogens with one attached hydrogen (secondary N) is 1. The Hall–Kier alpha value is -3.84. The molecule has 1 aliphatic rings. The van der Waals surface area contributed by atoms with Gasteiger partial charge in [-0.05, 0) is 52.9 Å². The highest BCUT2D eigenvalue weighted by atomic mass is 35.5. The van der Waals surface area contributed by atoms with Gasteiger partial charge in [0.15, 0.2) is 11.5 Å². The molecule has 1 unspecified atom stereocenters. The Labute approximate surface area is 208 Å². The number of rotatable bonds is 5. The number of hydrogen-bond acceptors (Lipinski definition) is 6. The summed E-state index contributed by atoms with van der Waals surface area (Å²) in [4.78, 5) is 24.9. The van der Waals surface area contributed by atoms with Crippen molar-refractivity contribution in [2.24, 2.45) is 5.10 Å². The highest BCUT2D eigenvalue weighted by Gasteiger charge is 2.28. The molecule has 180 valence electrons. The molecule has 0 aliphatic carbocycles. The van der Waals surface area contributed by atoms with Crippen LogP contribution in [0.2, 0.25) is 5.02 Å². The molecule has 4 rings (SSSR count). The summed E-state index contributed by atoms with van der Waals surface area (Å²) in [7, 11) is 0. The maximum Gasteiger partial charge on any atom is 0.345 e. The van der Waals surface area contributed by atoms with E-state index in [1.54, 1.807) is 48.5 Å². The topological polar surface area (TPSA) is 86.2 Å². The summed E-state index contributed by atoms with van der Waals surface area (Å²) in [6, 6.07) is 19.1. The Balaban J connectivity index is 1.36. The summed E-state index contributed by atoms with van der Waals surface area (Å²) in [5.41, 5.74) is 4.38. The van der Waals surface area contributed by atoms with E-state index in [-0.39, 0.29) is 17.6 Å². The number of fused-ring (bicyclic) bond motifs is 1. The fraction of sp³-hybridized carbons (Fsp3) is 0.222. The van der Waals surface area contributed by atoms with Crippen LogP contribution in [0.5, 0.6) is 17.2 Å². The molecule has 35 heavy (non-hydrogen) atoms. The van der Waals surface area contributed by atoms with Crippen molar-refractivity contribution in [2.45, 2.75) is 32.3 Å². The highest BCUT2D eigenvalue weighted by Crippen LogP contribution is 2.36. The van der Waals surface area contributed by atoms with E-state index in [4.69, 9.17) is 25.8 Å². The number of esters is 1. The fourth-order valence-corrected chi connectivity index (χ4v) is 3.57. The molecule has 0 fully saturated rings. The minimum Gasteiger partial charge on any atom is -0.485 e. The number of benzene rings is 3. The van der Waals surface area contributed by atoms with Crippen molar-refractivity contribution in [3.05, 3.63) is 88.4 Å². The number of halogens is 1. The number of hydrazone groups is 1. The Bertz CT molecular complexity index is 1280. The summed E-state index contributed by atoms with van der Waals surface area (Å²) in [5.74, 6) is 0.451. The van der Waals surface area contributed by atoms with Crippen molar-refractivity contribution in [3.63, 3.8) is 0 Å². The van der Waals surface area contributed by atoms with Crippen LogP contribution >= 0.6 is 11.6 Å². The van der Waals surface area contributed by atoms with Gasteiger partial charge in [-0.1, -0.05) is 62.7 Å². The van der Waals surface area contributed by atoms with E-state index in [0.717, 1.165) is 5.56 Å². The maximum atomic E-state index is 12.6. The first kappa shape index (κ1) is 24.3. The minimum atomic E-state index is -0.835. The first-order valence-electron chi connectivity index (χ1n) is 11.0. The third-order valence-electron chi connectivity index (χ3n) is 5.31. The zero-order valence-electron chi connectivity index (χ0n) is 19.6. The fourth-order valence-electron chi connectivity index (χ4n) is 3.36. The quantitative estimate of drug-likeness (QED) is 0.230. The van der Waals surface area contributed by atoms with E-state index in [1.165, 1.54) is 6.21 Å². The molecule has 3 aromatic carbocycles. The van der Waals surface area contributed by atoms with E-state index in [1.807, 2.05) is 18.2 Å². The van der Waals surface area contributed by atoms with Crippen LogP contribution in [0.15, 0.2) is 71.8 Å². The Morgan fingerprint density at radius 3 is 2.63 bits per heavy atom. The summed E-state index contributed by atoms with van der Waals surface area (Å²) in [5, 5.41) is 4.31. The SMILES string of the molecule is CC(C)(C)c1ccc2c(c1)OC(C(=O)N/N=C/c1cccc(OC(=O)c3ccccc3Cl)c1)CO2. The Morgan fingerprint density at radius 2 is 1.86 bits per heavy atom. The van der Waals surface area contributed by atoms with Crippen molar-refractivity contribution in [1.29, 1.82) is 0 Å². The van der Waals surface area contributed by atoms with Crippen LogP contribution in [0.1, 0.15) is 42.3 Å². The molecule has 1 N–H and O–H groups in total. The van der Waals surface area contributed by atoms with Crippen molar-refractivity contribution >= 4 is 29.7 Å². The number of carbonyl (C=O) groups is 2. The lowest BCUT2D eigenvalue weighted by atomic mass is 9.87. The van der Waals surface area contributed by atoms with Crippen molar-refractivity contribution < 1.29 is 23.8 Å². The van der Waals surface area contributed by atoms with Crippen molar-refractivity contribution in [3.8, 4) is 17.2 Å². The molecule has 3 aromatic rings. The van der Waals surface area contributed by atoms with E-state index in [0.29, 0.717) is 27.8 Å². The van der Waals surface area contributed by atoms with Gasteiger partial charge in [-0.3, -0.25) is 4.79 Å². The van der Waals surface area contributed by atoms with Gasteiger partial charge in [0.25, 0.3) is 5.91 Å². The van der Waals surface area contributed by atoms with E-state index in [2.05, 4.69) is 31.3 Å². The van der Waals surface area contributed by atoms with Gasteiger partial charge >= 0.3 is 5.97 Å². The lowest BCUT2D eigenvalue weighted by molar-refractivity contribution is -0.130. The van der Waals surface area contributed by atoms with Crippen LogP contribution in [0.4, 0.5) is 0 Å². The molecule has 0 saturated carbocycles. The summed E-state index contributed by atoms with van der Waals surface area (Å²) in [6.07, 6.45) is 0.609. The van der Waals surface area contributed by atoms with Gasteiger partial charge in [-0.2, -0.15) is 5.10 Å². The number of ether oxygens (including phenoxy) is 3. The number of amides is 1. The van der Waals surface area contributed by atoms with E-state index >= 15 is 0 Å². The van der Waals surface area contributed by atoms with Gasteiger partial charge < -0.3 is 14.2 Å². The second-order valence-corrected chi connectivity index (χ2v) is 9.41. The lowest BCUT2D eigenvalue weighted by Gasteiger charge is -2.27. The molecule has 0 bridgehead atoms. The Morgan fingerprint density at radius 1 is 1.06 bits per heavy atom. The maximum absolute atomic E-state index is 12.6. The first-order chi connectivity index (χ1) is 16.7. The van der Waals surface area contributed by atoms with Gasteiger partial charge in [-0.15, -0.1) is 0 Å². The molecule has 0 saturated heterocycles. The molecular formula is C27H25ClN2O5. The summed E-state index contributed by atoms with van der Waals surface area (Å²) in [6.45, 7) is 6.38. The zero-order valence-corrected chi connectivity index (χ0v) is 20.3. The summed E-state index contributed by atoms with van der Waals surface area (Å²) >= 11 is 6.05. The molecule has 0 radical (unpaired) electrons. The van der Waals surface area contributed by atoms with Gasteiger partial charge in [0.1, 0.15) is 12.4 Å². The molecular weight excluding hydrogens is 468 g/mol. The number of carbonyl (C=O) groups excluding carboxylic acids is 2. The molecule has 7 nitrogen and oxygen atoms in total. The van der Waals surface area contributed by atoms with Gasteiger partial charge in [-0.25, -0.2) is 10.2 Å². The average molecular weight is 493 g/mol. The third-order valence-corrected chi connectivity index (χ3v) is 5.64. The number of hydrogen-bond donors (Lipinski definition) is 1. The minimum absolute atomic E-state index is 0.0614. The average Bonchev–Trinajstić information content (AvgIpc) is 2.83.